The molecule has 0 unspecified atom stereocenters. The maximum absolute atomic E-state index is 10.6. The van der Waals surface area contributed by atoms with Crippen molar-refractivity contribution in [1.82, 2.24) is 0 Å². The lowest BCUT2D eigenvalue weighted by molar-refractivity contribution is -0.112. The van der Waals surface area contributed by atoms with Gasteiger partial charge in [-0.1, -0.05) is 42.3 Å². The monoisotopic (exact) mass is 251 g/mol. The molecule has 0 aliphatic carbocycles. The van der Waals surface area contributed by atoms with Crippen LogP contribution < -0.4 is 10.5 Å². The van der Waals surface area contributed by atoms with Crippen LogP contribution in [0, 0.1) is 11.8 Å². The van der Waals surface area contributed by atoms with Crippen LogP contribution in [0.15, 0.2) is 54.6 Å². The van der Waals surface area contributed by atoms with Gasteiger partial charge in [0.05, 0.1) is 0 Å². The van der Waals surface area contributed by atoms with Crippen LogP contribution >= 0.6 is 0 Å². The van der Waals surface area contributed by atoms with Gasteiger partial charge < -0.3 is 10.5 Å². The number of amides is 1. The second kappa shape index (κ2) is 6.27. The number of hydrogen-bond donors (Lipinski definition) is 1. The lowest BCUT2D eigenvalue weighted by atomic mass is 10.2. The number of hydrogen-bond acceptors (Lipinski definition) is 2. The van der Waals surface area contributed by atoms with Gasteiger partial charge in [0.25, 0.3) is 5.91 Å². The molecule has 0 spiro atoms. The lowest BCUT2D eigenvalue weighted by Gasteiger charge is -2.06. The molecule has 2 rings (SSSR count). The molecule has 2 N–H and O–H groups in total. The number of carbonyl (C=O) groups excluding carboxylic acids is 1. The first-order chi connectivity index (χ1) is 9.24. The van der Waals surface area contributed by atoms with Gasteiger partial charge in [-0.3, -0.25) is 4.79 Å². The van der Waals surface area contributed by atoms with Crippen LogP contribution in [-0.2, 0) is 11.4 Å². The molecular formula is C16H13NO2. The highest BCUT2D eigenvalue weighted by Crippen LogP contribution is 2.14. The van der Waals surface area contributed by atoms with E-state index in [2.05, 4.69) is 11.8 Å². The van der Waals surface area contributed by atoms with Crippen molar-refractivity contribution in [2.24, 2.45) is 5.73 Å². The van der Waals surface area contributed by atoms with Crippen molar-refractivity contribution in [3.63, 3.8) is 0 Å². The minimum Gasteiger partial charge on any atom is -0.489 e. The third-order valence-electron chi connectivity index (χ3n) is 2.41. The Hall–Kier alpha value is -2.73. The van der Waals surface area contributed by atoms with Crippen molar-refractivity contribution in [2.45, 2.75) is 6.61 Å². The lowest BCUT2D eigenvalue weighted by Crippen LogP contribution is -2.06. The van der Waals surface area contributed by atoms with E-state index in [1.807, 2.05) is 42.5 Å². The van der Waals surface area contributed by atoms with Gasteiger partial charge in [0.15, 0.2) is 0 Å². The molecule has 0 fully saturated rings. The molecule has 1 amide bonds. The summed E-state index contributed by atoms with van der Waals surface area (Å²) in [5, 5.41) is 0. The third kappa shape index (κ3) is 4.21. The van der Waals surface area contributed by atoms with Gasteiger partial charge in [0.2, 0.25) is 0 Å². The Morgan fingerprint density at radius 1 is 1.11 bits per heavy atom. The molecule has 0 atom stereocenters. The maximum atomic E-state index is 10.6. The molecule has 0 aromatic heterocycles. The van der Waals surface area contributed by atoms with Gasteiger partial charge in [-0.25, -0.2) is 0 Å². The molecule has 3 nitrogen and oxygen atoms in total. The fourth-order valence-corrected chi connectivity index (χ4v) is 1.54. The summed E-state index contributed by atoms with van der Waals surface area (Å²) in [6.45, 7) is 0.494. The summed E-state index contributed by atoms with van der Waals surface area (Å²) in [7, 11) is 0. The Kier molecular flexibility index (Phi) is 4.20. The SMILES string of the molecule is NC(=O)C#Cc1cccc(OCc2ccccc2)c1. The first-order valence-corrected chi connectivity index (χ1v) is 5.82. The normalized spacial score (nSPS) is 9.26. The van der Waals surface area contributed by atoms with E-state index in [9.17, 15) is 4.79 Å². The van der Waals surface area contributed by atoms with Crippen LogP contribution in [0.3, 0.4) is 0 Å². The van der Waals surface area contributed by atoms with Crippen LogP contribution in [0.1, 0.15) is 11.1 Å². The predicted octanol–water partition coefficient (Wildman–Crippen LogP) is 2.10. The first kappa shape index (κ1) is 12.7. The predicted molar refractivity (Wildman–Crippen MR) is 73.3 cm³/mol. The first-order valence-electron chi connectivity index (χ1n) is 5.82. The summed E-state index contributed by atoms with van der Waals surface area (Å²) in [6, 6.07) is 17.1. The molecule has 0 saturated heterocycles. The standard InChI is InChI=1S/C16H13NO2/c17-16(18)10-9-13-7-4-8-15(11-13)19-12-14-5-2-1-3-6-14/h1-8,11H,12H2,(H2,17,18). The summed E-state index contributed by atoms with van der Waals surface area (Å²) in [5.74, 6) is 5.04. The third-order valence-corrected chi connectivity index (χ3v) is 2.41. The molecule has 19 heavy (non-hydrogen) atoms. The number of ether oxygens (including phenoxy) is 1. The topological polar surface area (TPSA) is 52.3 Å². The quantitative estimate of drug-likeness (QED) is 0.849. The van der Waals surface area contributed by atoms with Gasteiger partial charge in [0, 0.05) is 5.56 Å². The zero-order valence-corrected chi connectivity index (χ0v) is 10.3. The summed E-state index contributed by atoms with van der Waals surface area (Å²) < 4.78 is 5.66. The van der Waals surface area contributed by atoms with Gasteiger partial charge in [-0.2, -0.15) is 0 Å². The molecule has 0 saturated carbocycles. The van der Waals surface area contributed by atoms with Crippen LogP contribution in [0.25, 0.3) is 0 Å². The molecule has 0 radical (unpaired) electrons. The Labute approximate surface area is 112 Å². The molecule has 0 bridgehead atoms. The largest absolute Gasteiger partial charge is 0.489 e. The Bertz CT molecular complexity index is 624. The highest BCUT2D eigenvalue weighted by Gasteiger charge is 1.96. The van der Waals surface area contributed by atoms with Gasteiger partial charge in [-0.15, -0.1) is 0 Å². The Morgan fingerprint density at radius 3 is 2.63 bits per heavy atom. The van der Waals surface area contributed by atoms with Crippen molar-refractivity contribution >= 4 is 5.91 Å². The van der Waals surface area contributed by atoms with Crippen molar-refractivity contribution in [3.8, 4) is 17.6 Å². The van der Waals surface area contributed by atoms with Crippen LogP contribution in [0.4, 0.5) is 0 Å². The van der Waals surface area contributed by atoms with Gasteiger partial charge in [-0.05, 0) is 29.7 Å². The van der Waals surface area contributed by atoms with Gasteiger partial charge >= 0.3 is 0 Å². The molecular weight excluding hydrogens is 238 g/mol. The van der Waals surface area contributed by atoms with E-state index >= 15 is 0 Å². The van der Waals surface area contributed by atoms with Crippen molar-refractivity contribution in [2.75, 3.05) is 0 Å². The fourth-order valence-electron chi connectivity index (χ4n) is 1.54. The molecule has 2 aromatic carbocycles. The Morgan fingerprint density at radius 2 is 1.89 bits per heavy atom. The van der Waals surface area contributed by atoms with E-state index < -0.39 is 5.91 Å². The van der Waals surface area contributed by atoms with Crippen molar-refractivity contribution < 1.29 is 9.53 Å². The van der Waals surface area contributed by atoms with E-state index in [1.165, 1.54) is 0 Å². The van der Waals surface area contributed by atoms with Crippen molar-refractivity contribution in [3.05, 3.63) is 65.7 Å². The molecule has 94 valence electrons. The Balaban J connectivity index is 2.04. The maximum Gasteiger partial charge on any atom is 0.293 e. The number of benzene rings is 2. The number of carbonyl (C=O) groups is 1. The second-order valence-corrected chi connectivity index (χ2v) is 3.92. The molecule has 2 aromatic rings. The zero-order chi connectivity index (χ0) is 13.5. The molecule has 3 heteroatoms. The van der Waals surface area contributed by atoms with Crippen LogP contribution in [0.2, 0.25) is 0 Å². The molecule has 0 aliphatic heterocycles. The van der Waals surface area contributed by atoms with E-state index in [0.717, 1.165) is 5.56 Å². The molecule has 0 aliphatic rings. The summed E-state index contributed by atoms with van der Waals surface area (Å²) in [6.07, 6.45) is 0. The fraction of sp³-hybridized carbons (Fsp3) is 0.0625. The summed E-state index contributed by atoms with van der Waals surface area (Å²) in [4.78, 5) is 10.6. The number of nitrogens with two attached hydrogens (primary N) is 1. The highest BCUT2D eigenvalue weighted by molar-refractivity contribution is 5.92. The van der Waals surface area contributed by atoms with Crippen molar-refractivity contribution in [1.29, 1.82) is 0 Å². The van der Waals surface area contributed by atoms with E-state index in [4.69, 9.17) is 10.5 Å². The van der Waals surface area contributed by atoms with E-state index in [0.29, 0.717) is 17.9 Å². The van der Waals surface area contributed by atoms with E-state index in [-0.39, 0.29) is 0 Å². The second-order valence-electron chi connectivity index (χ2n) is 3.92. The van der Waals surface area contributed by atoms with Crippen LogP contribution in [-0.4, -0.2) is 5.91 Å². The minimum atomic E-state index is -0.643. The summed E-state index contributed by atoms with van der Waals surface area (Å²) in [5.41, 5.74) is 6.76. The summed E-state index contributed by atoms with van der Waals surface area (Å²) >= 11 is 0. The van der Waals surface area contributed by atoms with Crippen LogP contribution in [0.5, 0.6) is 5.75 Å². The molecule has 0 heterocycles. The minimum absolute atomic E-state index is 0.494. The van der Waals surface area contributed by atoms with E-state index in [1.54, 1.807) is 12.1 Å². The zero-order valence-electron chi connectivity index (χ0n) is 10.3. The number of primary amides is 1. The average Bonchev–Trinajstić information content (AvgIpc) is 2.44. The highest BCUT2D eigenvalue weighted by atomic mass is 16.5. The number of rotatable bonds is 3. The smallest absolute Gasteiger partial charge is 0.293 e. The van der Waals surface area contributed by atoms with Gasteiger partial charge in [0.1, 0.15) is 12.4 Å². The average molecular weight is 251 g/mol.